The molecule has 0 saturated heterocycles. The zero-order chi connectivity index (χ0) is 12.1. The third-order valence-electron chi connectivity index (χ3n) is 3.69. The van der Waals surface area contributed by atoms with Crippen LogP contribution in [-0.2, 0) is 6.42 Å². The monoisotopic (exact) mass is 295 g/mol. The fourth-order valence-electron chi connectivity index (χ4n) is 2.77. The van der Waals surface area contributed by atoms with Gasteiger partial charge in [-0.15, -0.1) is 0 Å². The predicted molar refractivity (Wildman–Crippen MR) is 77.3 cm³/mol. The fraction of sp³-hybridized carbons (Fsp3) is 0.600. The van der Waals surface area contributed by atoms with Crippen molar-refractivity contribution in [1.29, 1.82) is 0 Å². The largest absolute Gasteiger partial charge is 0.314 e. The third-order valence-corrected chi connectivity index (χ3v) is 4.46. The first-order valence-electron chi connectivity index (χ1n) is 6.76. The molecule has 0 aromatic heterocycles. The Bertz CT molecular complexity index is 351. The van der Waals surface area contributed by atoms with Gasteiger partial charge in [0.05, 0.1) is 0 Å². The first-order valence-corrected chi connectivity index (χ1v) is 7.55. The van der Waals surface area contributed by atoms with E-state index in [1.165, 1.54) is 48.7 Å². The van der Waals surface area contributed by atoms with E-state index in [0.29, 0.717) is 0 Å². The Balaban J connectivity index is 1.83. The van der Waals surface area contributed by atoms with Gasteiger partial charge in [0.25, 0.3) is 0 Å². The van der Waals surface area contributed by atoms with E-state index < -0.39 is 0 Å². The quantitative estimate of drug-likeness (QED) is 0.860. The summed E-state index contributed by atoms with van der Waals surface area (Å²) in [4.78, 5) is 0. The highest BCUT2D eigenvalue weighted by atomic mass is 79.9. The minimum atomic E-state index is 0.766. The lowest BCUT2D eigenvalue weighted by atomic mass is 9.98. The molecule has 17 heavy (non-hydrogen) atoms. The molecule has 1 N–H and O–H groups in total. The predicted octanol–water partition coefficient (Wildman–Crippen LogP) is 4.16. The van der Waals surface area contributed by atoms with Gasteiger partial charge in [-0.2, -0.15) is 0 Å². The molecule has 0 heterocycles. The van der Waals surface area contributed by atoms with E-state index >= 15 is 0 Å². The average Bonchev–Trinajstić information content (AvgIpc) is 2.77. The van der Waals surface area contributed by atoms with E-state index in [1.54, 1.807) is 0 Å². The van der Waals surface area contributed by atoms with Crippen molar-refractivity contribution in [3.63, 3.8) is 0 Å². The van der Waals surface area contributed by atoms with Crippen LogP contribution in [0.1, 0.15) is 38.2 Å². The molecular weight excluding hydrogens is 274 g/mol. The van der Waals surface area contributed by atoms with Crippen molar-refractivity contribution >= 4 is 15.9 Å². The van der Waals surface area contributed by atoms with Crippen LogP contribution in [0.5, 0.6) is 0 Å². The van der Waals surface area contributed by atoms with Crippen molar-refractivity contribution in [3.05, 3.63) is 34.3 Å². The molecule has 1 nitrogen and oxygen atoms in total. The van der Waals surface area contributed by atoms with Crippen LogP contribution in [0.25, 0.3) is 0 Å². The Morgan fingerprint density at radius 1 is 1.29 bits per heavy atom. The van der Waals surface area contributed by atoms with Gasteiger partial charge in [0, 0.05) is 10.5 Å². The molecule has 2 unspecified atom stereocenters. The standard InChI is InChI=1S/C15H22BrN/c1-2-9-17-14-8-7-12(11-14)10-13-5-3-4-6-15(13)16/h3-6,12,14,17H,2,7-11H2,1H3. The van der Waals surface area contributed by atoms with Gasteiger partial charge < -0.3 is 5.32 Å². The van der Waals surface area contributed by atoms with Gasteiger partial charge in [0.15, 0.2) is 0 Å². The lowest BCUT2D eigenvalue weighted by Gasteiger charge is -2.13. The first-order chi connectivity index (χ1) is 8.29. The van der Waals surface area contributed by atoms with Crippen molar-refractivity contribution in [3.8, 4) is 0 Å². The second-order valence-electron chi connectivity index (χ2n) is 5.13. The number of hydrogen-bond donors (Lipinski definition) is 1. The summed E-state index contributed by atoms with van der Waals surface area (Å²) >= 11 is 3.64. The molecule has 2 atom stereocenters. The Morgan fingerprint density at radius 3 is 2.88 bits per heavy atom. The van der Waals surface area contributed by atoms with Crippen LogP contribution in [0.4, 0.5) is 0 Å². The average molecular weight is 296 g/mol. The summed E-state index contributed by atoms with van der Waals surface area (Å²) in [7, 11) is 0. The van der Waals surface area contributed by atoms with Crippen LogP contribution in [0, 0.1) is 5.92 Å². The Morgan fingerprint density at radius 2 is 2.12 bits per heavy atom. The van der Waals surface area contributed by atoms with Crippen molar-refractivity contribution in [1.82, 2.24) is 5.32 Å². The molecule has 0 aliphatic heterocycles. The second-order valence-corrected chi connectivity index (χ2v) is 5.98. The van der Waals surface area contributed by atoms with Crippen LogP contribution < -0.4 is 5.32 Å². The van der Waals surface area contributed by atoms with Crippen LogP contribution in [0.15, 0.2) is 28.7 Å². The second kappa shape index (κ2) is 6.55. The summed E-state index contributed by atoms with van der Waals surface area (Å²) in [6.07, 6.45) is 6.55. The zero-order valence-corrected chi connectivity index (χ0v) is 12.2. The molecule has 94 valence electrons. The van der Waals surface area contributed by atoms with Crippen molar-refractivity contribution in [2.24, 2.45) is 5.92 Å². The highest BCUT2D eigenvalue weighted by Gasteiger charge is 2.24. The molecule has 1 fully saturated rings. The molecule has 0 radical (unpaired) electrons. The maximum absolute atomic E-state index is 3.65. The van der Waals surface area contributed by atoms with Gasteiger partial charge in [-0.25, -0.2) is 0 Å². The van der Waals surface area contributed by atoms with Crippen LogP contribution >= 0.6 is 15.9 Å². The Kier molecular flexibility index (Phi) is 5.05. The molecule has 1 aliphatic carbocycles. The van der Waals surface area contributed by atoms with Crippen molar-refractivity contribution in [2.75, 3.05) is 6.54 Å². The Hall–Kier alpha value is -0.340. The minimum absolute atomic E-state index is 0.766. The van der Waals surface area contributed by atoms with E-state index in [0.717, 1.165) is 12.0 Å². The summed E-state index contributed by atoms with van der Waals surface area (Å²) in [5.74, 6) is 0.864. The molecule has 1 aromatic rings. The summed E-state index contributed by atoms with van der Waals surface area (Å²) < 4.78 is 1.27. The molecule has 0 spiro atoms. The van der Waals surface area contributed by atoms with E-state index in [1.807, 2.05) is 0 Å². The first kappa shape index (κ1) is 13.1. The summed E-state index contributed by atoms with van der Waals surface area (Å²) in [6.45, 7) is 3.41. The van der Waals surface area contributed by atoms with E-state index in [9.17, 15) is 0 Å². The van der Waals surface area contributed by atoms with E-state index in [-0.39, 0.29) is 0 Å². The highest BCUT2D eigenvalue weighted by Crippen LogP contribution is 2.30. The summed E-state index contributed by atoms with van der Waals surface area (Å²) in [5.41, 5.74) is 1.47. The number of rotatable bonds is 5. The smallest absolute Gasteiger partial charge is 0.0207 e. The fourth-order valence-corrected chi connectivity index (χ4v) is 3.22. The lowest BCUT2D eigenvalue weighted by Crippen LogP contribution is -2.27. The highest BCUT2D eigenvalue weighted by molar-refractivity contribution is 9.10. The van der Waals surface area contributed by atoms with Crippen LogP contribution in [0.3, 0.4) is 0 Å². The number of hydrogen-bond acceptors (Lipinski definition) is 1. The van der Waals surface area contributed by atoms with E-state index in [4.69, 9.17) is 0 Å². The molecule has 2 heteroatoms. The van der Waals surface area contributed by atoms with Crippen molar-refractivity contribution < 1.29 is 0 Å². The van der Waals surface area contributed by atoms with Gasteiger partial charge in [0.1, 0.15) is 0 Å². The maximum atomic E-state index is 3.65. The molecule has 2 rings (SSSR count). The SMILES string of the molecule is CCCNC1CCC(Cc2ccccc2Br)C1. The number of nitrogens with one attached hydrogen (secondary N) is 1. The van der Waals surface area contributed by atoms with Gasteiger partial charge >= 0.3 is 0 Å². The topological polar surface area (TPSA) is 12.0 Å². The minimum Gasteiger partial charge on any atom is -0.314 e. The van der Waals surface area contributed by atoms with Gasteiger partial charge in [-0.05, 0) is 56.2 Å². The van der Waals surface area contributed by atoms with Gasteiger partial charge in [0.2, 0.25) is 0 Å². The number of benzene rings is 1. The molecule has 1 aliphatic rings. The van der Waals surface area contributed by atoms with Crippen LogP contribution in [-0.4, -0.2) is 12.6 Å². The lowest BCUT2D eigenvalue weighted by molar-refractivity contribution is 0.483. The molecular formula is C15H22BrN. The van der Waals surface area contributed by atoms with Crippen LogP contribution in [0.2, 0.25) is 0 Å². The van der Waals surface area contributed by atoms with E-state index in [2.05, 4.69) is 52.4 Å². The summed E-state index contributed by atoms with van der Waals surface area (Å²) in [5, 5.41) is 3.65. The molecule has 1 saturated carbocycles. The zero-order valence-electron chi connectivity index (χ0n) is 10.6. The normalized spacial score (nSPS) is 24.1. The van der Waals surface area contributed by atoms with Gasteiger partial charge in [-0.1, -0.05) is 41.1 Å². The molecule has 1 aromatic carbocycles. The maximum Gasteiger partial charge on any atom is 0.0207 e. The third kappa shape index (κ3) is 3.82. The number of halogens is 1. The summed E-state index contributed by atoms with van der Waals surface area (Å²) in [6, 6.07) is 9.39. The van der Waals surface area contributed by atoms with Crippen molar-refractivity contribution in [2.45, 2.75) is 45.1 Å². The Labute approximate surface area is 113 Å². The molecule has 0 amide bonds. The van der Waals surface area contributed by atoms with Gasteiger partial charge in [-0.3, -0.25) is 0 Å². The molecule has 0 bridgehead atoms.